The zero-order valence-corrected chi connectivity index (χ0v) is 14.9. The van der Waals surface area contributed by atoms with E-state index in [1.807, 2.05) is 13.0 Å². The van der Waals surface area contributed by atoms with Crippen molar-refractivity contribution in [1.29, 1.82) is 0 Å². The van der Waals surface area contributed by atoms with Gasteiger partial charge >= 0.3 is 5.97 Å². The maximum atomic E-state index is 12.3. The van der Waals surface area contributed by atoms with Gasteiger partial charge in [-0.15, -0.1) is 0 Å². The number of benzene rings is 2. The average molecular weight is 363 g/mol. The molecule has 0 saturated carbocycles. The van der Waals surface area contributed by atoms with Gasteiger partial charge in [0.05, 0.1) is 4.90 Å². The second kappa shape index (κ2) is 8.13. The second-order valence-corrected chi connectivity index (χ2v) is 7.54. The summed E-state index contributed by atoms with van der Waals surface area (Å²) in [6.45, 7) is 3.22. The Bertz CT molecular complexity index is 834. The Morgan fingerprint density at radius 2 is 1.88 bits per heavy atom. The average Bonchev–Trinajstić information content (AvgIpc) is 2.54. The highest BCUT2D eigenvalue weighted by molar-refractivity contribution is 7.89. The van der Waals surface area contributed by atoms with Crippen LogP contribution >= 0.6 is 0 Å². The van der Waals surface area contributed by atoms with E-state index in [0.29, 0.717) is 12.2 Å². The van der Waals surface area contributed by atoms with Crippen LogP contribution < -0.4 is 9.46 Å². The molecule has 2 aromatic rings. The number of hydrogen-bond acceptors (Lipinski definition) is 4. The maximum absolute atomic E-state index is 12.3. The Morgan fingerprint density at radius 3 is 2.48 bits per heavy atom. The van der Waals surface area contributed by atoms with Crippen LogP contribution in [0.25, 0.3) is 0 Å². The molecular weight excluding hydrogens is 342 g/mol. The van der Waals surface area contributed by atoms with Gasteiger partial charge in [-0.3, -0.25) is 0 Å². The Kier molecular flexibility index (Phi) is 6.17. The SMILES string of the molecule is Cc1cc(CC(C)NS(=O)(=O)c2ccccc2)ccc1OCC(=O)O. The van der Waals surface area contributed by atoms with Crippen molar-refractivity contribution < 1.29 is 23.1 Å². The Labute approximate surface area is 147 Å². The van der Waals surface area contributed by atoms with Crippen molar-refractivity contribution in [2.45, 2.75) is 31.2 Å². The lowest BCUT2D eigenvalue weighted by molar-refractivity contribution is -0.139. The third kappa shape index (κ3) is 5.58. The van der Waals surface area contributed by atoms with Crippen LogP contribution in [0, 0.1) is 6.92 Å². The van der Waals surface area contributed by atoms with E-state index < -0.39 is 22.6 Å². The van der Waals surface area contributed by atoms with Gasteiger partial charge in [0.15, 0.2) is 6.61 Å². The minimum absolute atomic E-state index is 0.232. The van der Waals surface area contributed by atoms with E-state index in [1.165, 1.54) is 0 Å². The van der Waals surface area contributed by atoms with Crippen LogP contribution in [-0.4, -0.2) is 32.1 Å². The summed E-state index contributed by atoms with van der Waals surface area (Å²) < 4.78 is 32.5. The molecule has 0 heterocycles. The van der Waals surface area contributed by atoms with Crippen molar-refractivity contribution in [3.8, 4) is 5.75 Å². The number of sulfonamides is 1. The summed E-state index contributed by atoms with van der Waals surface area (Å²) >= 11 is 0. The van der Waals surface area contributed by atoms with Gasteiger partial charge in [-0.05, 0) is 49.6 Å². The van der Waals surface area contributed by atoms with Crippen molar-refractivity contribution >= 4 is 16.0 Å². The normalized spacial score (nSPS) is 12.6. The standard InChI is InChI=1S/C18H21NO5S/c1-13-10-15(8-9-17(13)24-12-18(20)21)11-14(2)19-25(22,23)16-6-4-3-5-7-16/h3-10,14,19H,11-12H2,1-2H3,(H,20,21). The zero-order chi connectivity index (χ0) is 18.4. The van der Waals surface area contributed by atoms with E-state index >= 15 is 0 Å². The molecule has 0 aliphatic rings. The number of rotatable bonds is 8. The van der Waals surface area contributed by atoms with Gasteiger partial charge in [0.25, 0.3) is 0 Å². The molecule has 1 unspecified atom stereocenters. The monoisotopic (exact) mass is 363 g/mol. The van der Waals surface area contributed by atoms with Crippen LogP contribution in [0.15, 0.2) is 53.4 Å². The molecule has 134 valence electrons. The second-order valence-electron chi connectivity index (χ2n) is 5.82. The van der Waals surface area contributed by atoms with Crippen LogP contribution in [0.4, 0.5) is 0 Å². The van der Waals surface area contributed by atoms with Crippen molar-refractivity contribution in [2.24, 2.45) is 0 Å². The van der Waals surface area contributed by atoms with Crippen LogP contribution in [0.2, 0.25) is 0 Å². The van der Waals surface area contributed by atoms with Gasteiger partial charge in [0.2, 0.25) is 10.0 Å². The zero-order valence-electron chi connectivity index (χ0n) is 14.1. The fraction of sp³-hybridized carbons (Fsp3) is 0.278. The molecule has 0 amide bonds. The molecule has 0 fully saturated rings. The summed E-state index contributed by atoms with van der Waals surface area (Å²) in [5.74, 6) is -0.531. The van der Waals surface area contributed by atoms with Crippen LogP contribution in [-0.2, 0) is 21.2 Å². The first kappa shape index (κ1) is 19.0. The van der Waals surface area contributed by atoms with E-state index in [2.05, 4.69) is 4.72 Å². The van der Waals surface area contributed by atoms with E-state index in [1.54, 1.807) is 49.4 Å². The summed E-state index contributed by atoms with van der Waals surface area (Å²) in [4.78, 5) is 10.8. The first-order chi connectivity index (χ1) is 11.8. The molecule has 25 heavy (non-hydrogen) atoms. The molecule has 2 N–H and O–H groups in total. The summed E-state index contributed by atoms with van der Waals surface area (Å²) in [5.41, 5.74) is 1.74. The highest BCUT2D eigenvalue weighted by atomic mass is 32.2. The smallest absolute Gasteiger partial charge is 0.341 e. The number of carboxylic acid groups (broad SMARTS) is 1. The molecule has 7 heteroatoms. The molecule has 0 bridgehead atoms. The molecule has 0 aliphatic carbocycles. The lowest BCUT2D eigenvalue weighted by Gasteiger charge is -2.15. The first-order valence-electron chi connectivity index (χ1n) is 7.79. The van der Waals surface area contributed by atoms with Crippen LogP contribution in [0.3, 0.4) is 0 Å². The fourth-order valence-corrected chi connectivity index (χ4v) is 3.73. The third-order valence-electron chi connectivity index (χ3n) is 3.54. The molecule has 6 nitrogen and oxygen atoms in total. The molecule has 0 aromatic heterocycles. The molecule has 0 radical (unpaired) electrons. The van der Waals surface area contributed by atoms with Gasteiger partial charge < -0.3 is 9.84 Å². The minimum atomic E-state index is -3.56. The van der Waals surface area contributed by atoms with Crippen molar-refractivity contribution in [2.75, 3.05) is 6.61 Å². The summed E-state index contributed by atoms with van der Waals surface area (Å²) in [6.07, 6.45) is 0.506. The van der Waals surface area contributed by atoms with E-state index in [4.69, 9.17) is 9.84 Å². The first-order valence-corrected chi connectivity index (χ1v) is 9.28. The number of carboxylic acids is 1. The highest BCUT2D eigenvalue weighted by Crippen LogP contribution is 2.20. The molecule has 2 aromatic carbocycles. The number of hydrogen-bond donors (Lipinski definition) is 2. The number of ether oxygens (including phenoxy) is 1. The largest absolute Gasteiger partial charge is 0.482 e. The predicted molar refractivity (Wildman–Crippen MR) is 94.2 cm³/mol. The lowest BCUT2D eigenvalue weighted by Crippen LogP contribution is -2.34. The molecule has 2 rings (SSSR count). The third-order valence-corrected chi connectivity index (χ3v) is 5.15. The Hall–Kier alpha value is -2.38. The molecule has 0 saturated heterocycles. The predicted octanol–water partition coefficient (Wildman–Crippen LogP) is 2.37. The lowest BCUT2D eigenvalue weighted by atomic mass is 10.0. The van der Waals surface area contributed by atoms with Crippen molar-refractivity contribution in [3.63, 3.8) is 0 Å². The van der Waals surface area contributed by atoms with Crippen molar-refractivity contribution in [3.05, 3.63) is 59.7 Å². The van der Waals surface area contributed by atoms with Gasteiger partial charge in [-0.1, -0.05) is 30.3 Å². The van der Waals surface area contributed by atoms with Crippen molar-refractivity contribution in [1.82, 2.24) is 4.72 Å². The van der Waals surface area contributed by atoms with E-state index in [-0.39, 0.29) is 10.9 Å². The number of aliphatic carboxylic acids is 1. The summed E-state index contributed by atoms with van der Waals surface area (Å²) in [5, 5.41) is 8.65. The maximum Gasteiger partial charge on any atom is 0.341 e. The molecule has 0 aliphatic heterocycles. The van der Waals surface area contributed by atoms with Gasteiger partial charge in [-0.2, -0.15) is 0 Å². The highest BCUT2D eigenvalue weighted by Gasteiger charge is 2.17. The van der Waals surface area contributed by atoms with Crippen LogP contribution in [0.5, 0.6) is 5.75 Å². The molecule has 0 spiro atoms. The fourth-order valence-electron chi connectivity index (χ4n) is 2.47. The number of carbonyl (C=O) groups is 1. The Balaban J connectivity index is 2.02. The summed E-state index contributed by atoms with van der Waals surface area (Å²) in [6, 6.07) is 13.3. The number of aryl methyl sites for hydroxylation is 1. The van der Waals surface area contributed by atoms with Crippen LogP contribution in [0.1, 0.15) is 18.1 Å². The topological polar surface area (TPSA) is 92.7 Å². The Morgan fingerprint density at radius 1 is 1.20 bits per heavy atom. The summed E-state index contributed by atoms with van der Waals surface area (Å²) in [7, 11) is -3.56. The molecular formula is C18H21NO5S. The quantitative estimate of drug-likeness (QED) is 0.751. The van der Waals surface area contributed by atoms with Gasteiger partial charge in [-0.25, -0.2) is 17.9 Å². The minimum Gasteiger partial charge on any atom is -0.482 e. The van der Waals surface area contributed by atoms with E-state index in [0.717, 1.165) is 11.1 Å². The number of nitrogens with one attached hydrogen (secondary N) is 1. The molecule has 1 atom stereocenters. The van der Waals surface area contributed by atoms with Gasteiger partial charge in [0, 0.05) is 6.04 Å². The van der Waals surface area contributed by atoms with E-state index in [9.17, 15) is 13.2 Å². The van der Waals surface area contributed by atoms with Gasteiger partial charge in [0.1, 0.15) is 5.75 Å².